The van der Waals surface area contributed by atoms with Crippen LogP contribution in [0.5, 0.6) is 0 Å². The summed E-state index contributed by atoms with van der Waals surface area (Å²) < 4.78 is 29.4. The van der Waals surface area contributed by atoms with Gasteiger partial charge < -0.3 is 5.32 Å². The summed E-state index contributed by atoms with van der Waals surface area (Å²) >= 11 is 4.74. The van der Waals surface area contributed by atoms with E-state index in [1.807, 2.05) is 32.0 Å². The number of amides is 1. The predicted molar refractivity (Wildman–Crippen MR) is 123 cm³/mol. The molecule has 1 aromatic heterocycles. The standard InChI is InChI=1S/C21H23BrN2O3S2/c1-4-14(3)23-21(25)20-13-15-12-17(8-11-19(15)28-20)24(5-2)29(26,27)18-9-6-16(22)7-10-18/h6-14H,4-5H2,1-3H3,(H,23,25). The number of rotatable bonds is 7. The van der Waals surface area contributed by atoms with Gasteiger partial charge in [-0.25, -0.2) is 8.42 Å². The highest BCUT2D eigenvalue weighted by Crippen LogP contribution is 2.32. The Morgan fingerprint density at radius 1 is 1.14 bits per heavy atom. The van der Waals surface area contributed by atoms with Gasteiger partial charge in [0.2, 0.25) is 0 Å². The van der Waals surface area contributed by atoms with E-state index < -0.39 is 10.0 Å². The zero-order valence-corrected chi connectivity index (χ0v) is 19.7. The van der Waals surface area contributed by atoms with Gasteiger partial charge in [0.15, 0.2) is 0 Å². The van der Waals surface area contributed by atoms with Gasteiger partial charge in [-0.2, -0.15) is 0 Å². The second-order valence-electron chi connectivity index (χ2n) is 6.74. The minimum Gasteiger partial charge on any atom is -0.349 e. The van der Waals surface area contributed by atoms with Crippen molar-refractivity contribution in [3.8, 4) is 0 Å². The van der Waals surface area contributed by atoms with E-state index in [1.165, 1.54) is 15.6 Å². The van der Waals surface area contributed by atoms with E-state index in [4.69, 9.17) is 0 Å². The van der Waals surface area contributed by atoms with Crippen LogP contribution in [0.15, 0.2) is 57.9 Å². The Morgan fingerprint density at radius 3 is 2.45 bits per heavy atom. The van der Waals surface area contributed by atoms with E-state index in [2.05, 4.69) is 21.2 Å². The molecule has 3 rings (SSSR count). The van der Waals surface area contributed by atoms with Crippen LogP contribution in [0.2, 0.25) is 0 Å². The summed E-state index contributed by atoms with van der Waals surface area (Å²) in [6.07, 6.45) is 0.861. The number of benzene rings is 2. The number of carbonyl (C=O) groups is 1. The van der Waals surface area contributed by atoms with Crippen molar-refractivity contribution in [2.24, 2.45) is 0 Å². The summed E-state index contributed by atoms with van der Waals surface area (Å²) in [5, 5.41) is 3.82. The highest BCUT2D eigenvalue weighted by molar-refractivity contribution is 9.10. The summed E-state index contributed by atoms with van der Waals surface area (Å²) in [6.45, 7) is 6.09. The number of nitrogens with zero attached hydrogens (tertiary/aromatic N) is 1. The fourth-order valence-electron chi connectivity index (χ4n) is 2.92. The highest BCUT2D eigenvalue weighted by Gasteiger charge is 2.24. The molecule has 1 heterocycles. The van der Waals surface area contributed by atoms with Gasteiger partial charge in [-0.15, -0.1) is 11.3 Å². The minimum atomic E-state index is -3.68. The van der Waals surface area contributed by atoms with Crippen LogP contribution in [0.1, 0.15) is 36.9 Å². The molecule has 1 unspecified atom stereocenters. The third kappa shape index (κ3) is 4.65. The van der Waals surface area contributed by atoms with Crippen LogP contribution in [0, 0.1) is 0 Å². The summed E-state index contributed by atoms with van der Waals surface area (Å²) in [6, 6.07) is 14.0. The van der Waals surface area contributed by atoms with Gasteiger partial charge in [-0.3, -0.25) is 9.10 Å². The molecule has 0 saturated heterocycles. The molecule has 1 N–H and O–H groups in total. The molecular formula is C21H23BrN2O3S2. The van der Waals surface area contributed by atoms with Gasteiger partial charge in [0.25, 0.3) is 15.9 Å². The number of hydrogen-bond donors (Lipinski definition) is 1. The molecule has 2 aromatic carbocycles. The normalized spacial score (nSPS) is 12.7. The van der Waals surface area contributed by atoms with Crippen molar-refractivity contribution in [3.05, 3.63) is 57.9 Å². The van der Waals surface area contributed by atoms with E-state index in [-0.39, 0.29) is 16.8 Å². The maximum Gasteiger partial charge on any atom is 0.264 e. The largest absolute Gasteiger partial charge is 0.349 e. The first-order valence-corrected chi connectivity index (χ1v) is 12.4. The van der Waals surface area contributed by atoms with Gasteiger partial charge in [-0.1, -0.05) is 22.9 Å². The highest BCUT2D eigenvalue weighted by atomic mass is 79.9. The Bertz CT molecular complexity index is 1120. The Morgan fingerprint density at radius 2 is 1.83 bits per heavy atom. The molecule has 29 heavy (non-hydrogen) atoms. The van der Waals surface area contributed by atoms with Crippen molar-refractivity contribution < 1.29 is 13.2 Å². The molecule has 0 aliphatic heterocycles. The molecule has 5 nitrogen and oxygen atoms in total. The molecule has 0 saturated carbocycles. The number of halogens is 1. The van der Waals surface area contributed by atoms with E-state index in [1.54, 1.807) is 37.3 Å². The van der Waals surface area contributed by atoms with Gasteiger partial charge in [-0.05, 0) is 74.2 Å². The fourth-order valence-corrected chi connectivity index (χ4v) is 5.60. The van der Waals surface area contributed by atoms with Crippen molar-refractivity contribution in [2.45, 2.75) is 38.1 Å². The molecule has 3 aromatic rings. The monoisotopic (exact) mass is 494 g/mol. The zero-order valence-electron chi connectivity index (χ0n) is 16.5. The Labute approximate surface area is 183 Å². The maximum absolute atomic E-state index is 13.1. The first-order chi connectivity index (χ1) is 13.8. The molecule has 154 valence electrons. The van der Waals surface area contributed by atoms with Crippen molar-refractivity contribution >= 4 is 59.0 Å². The van der Waals surface area contributed by atoms with Crippen LogP contribution in [-0.2, 0) is 10.0 Å². The van der Waals surface area contributed by atoms with Gasteiger partial charge in [0.1, 0.15) is 0 Å². The molecule has 0 spiro atoms. The number of carbonyl (C=O) groups excluding carboxylic acids is 1. The number of fused-ring (bicyclic) bond motifs is 1. The van der Waals surface area contributed by atoms with Crippen LogP contribution in [0.25, 0.3) is 10.1 Å². The summed E-state index contributed by atoms with van der Waals surface area (Å²) in [5.74, 6) is -0.100. The van der Waals surface area contributed by atoms with Crippen molar-refractivity contribution in [1.82, 2.24) is 5.32 Å². The van der Waals surface area contributed by atoms with E-state index in [9.17, 15) is 13.2 Å². The predicted octanol–water partition coefficient (Wildman–Crippen LogP) is 5.41. The Hall–Kier alpha value is -1.90. The third-order valence-corrected chi connectivity index (χ3v) is 8.25. The van der Waals surface area contributed by atoms with Gasteiger partial charge in [0.05, 0.1) is 15.5 Å². The average molecular weight is 495 g/mol. The van der Waals surface area contributed by atoms with Crippen LogP contribution in [0.4, 0.5) is 5.69 Å². The van der Waals surface area contributed by atoms with E-state index in [0.29, 0.717) is 17.1 Å². The van der Waals surface area contributed by atoms with E-state index >= 15 is 0 Å². The molecule has 0 aliphatic rings. The first kappa shape index (κ1) is 21.8. The minimum absolute atomic E-state index is 0.100. The number of anilines is 1. The smallest absolute Gasteiger partial charge is 0.264 e. The van der Waals surface area contributed by atoms with E-state index in [0.717, 1.165) is 21.0 Å². The van der Waals surface area contributed by atoms with Gasteiger partial charge >= 0.3 is 0 Å². The number of sulfonamides is 1. The molecule has 0 fully saturated rings. The lowest BCUT2D eigenvalue weighted by Crippen LogP contribution is -2.31. The maximum atomic E-state index is 13.1. The summed E-state index contributed by atoms with van der Waals surface area (Å²) in [4.78, 5) is 13.3. The lowest BCUT2D eigenvalue weighted by atomic mass is 10.2. The number of nitrogens with one attached hydrogen (secondary N) is 1. The SMILES string of the molecule is CCC(C)NC(=O)c1cc2cc(N(CC)S(=O)(=O)c3ccc(Br)cc3)ccc2s1. The molecule has 8 heteroatoms. The lowest BCUT2D eigenvalue weighted by Gasteiger charge is -2.23. The summed E-state index contributed by atoms with van der Waals surface area (Å²) in [7, 11) is -3.68. The van der Waals surface area contributed by atoms with Crippen LogP contribution < -0.4 is 9.62 Å². The van der Waals surface area contributed by atoms with Crippen molar-refractivity contribution in [1.29, 1.82) is 0 Å². The molecular weight excluding hydrogens is 472 g/mol. The molecule has 0 radical (unpaired) electrons. The topological polar surface area (TPSA) is 66.5 Å². The van der Waals surface area contributed by atoms with Crippen molar-refractivity contribution in [3.63, 3.8) is 0 Å². The number of hydrogen-bond acceptors (Lipinski definition) is 4. The molecule has 1 atom stereocenters. The first-order valence-electron chi connectivity index (χ1n) is 9.39. The number of thiophene rings is 1. The average Bonchev–Trinajstić information content (AvgIpc) is 3.12. The Balaban J connectivity index is 1.95. The quantitative estimate of drug-likeness (QED) is 0.477. The second-order valence-corrected chi connectivity index (χ2v) is 10.6. The molecule has 0 bridgehead atoms. The summed E-state index contributed by atoms with van der Waals surface area (Å²) in [5.41, 5.74) is 0.578. The third-order valence-electron chi connectivity index (χ3n) is 4.69. The molecule has 1 amide bonds. The van der Waals surface area contributed by atoms with Gasteiger partial charge in [0, 0.05) is 21.8 Å². The zero-order chi connectivity index (χ0) is 21.2. The molecule has 0 aliphatic carbocycles. The Kier molecular flexibility index (Phi) is 6.65. The van der Waals surface area contributed by atoms with Crippen LogP contribution >= 0.6 is 27.3 Å². The fraction of sp³-hybridized carbons (Fsp3) is 0.286. The second kappa shape index (κ2) is 8.85. The van der Waals surface area contributed by atoms with Crippen molar-refractivity contribution in [2.75, 3.05) is 10.8 Å². The van der Waals surface area contributed by atoms with Crippen LogP contribution in [-0.4, -0.2) is 26.9 Å². The van der Waals surface area contributed by atoms with Crippen LogP contribution in [0.3, 0.4) is 0 Å². The lowest BCUT2D eigenvalue weighted by molar-refractivity contribution is 0.0943.